The second-order valence-electron chi connectivity index (χ2n) is 4.26. The molecule has 0 spiro atoms. The van der Waals surface area contributed by atoms with Crippen molar-refractivity contribution < 1.29 is 14.7 Å². The van der Waals surface area contributed by atoms with Gasteiger partial charge in [-0.15, -0.1) is 0 Å². The van der Waals surface area contributed by atoms with E-state index >= 15 is 0 Å². The molecule has 1 aromatic heterocycles. The van der Waals surface area contributed by atoms with Gasteiger partial charge in [-0.1, -0.05) is 6.92 Å². The Balaban J connectivity index is 2.38. The van der Waals surface area contributed by atoms with Crippen LogP contribution in [0.3, 0.4) is 0 Å². The van der Waals surface area contributed by atoms with Crippen LogP contribution in [0.25, 0.3) is 0 Å². The van der Waals surface area contributed by atoms with E-state index < -0.39 is 11.9 Å². The van der Waals surface area contributed by atoms with E-state index in [1.54, 1.807) is 38.0 Å². The number of carbonyl (C=O) groups is 2. The zero-order valence-corrected chi connectivity index (χ0v) is 10.8. The molecule has 18 heavy (non-hydrogen) atoms. The number of rotatable bonds is 5. The van der Waals surface area contributed by atoms with Crippen molar-refractivity contribution >= 4 is 12.0 Å². The van der Waals surface area contributed by atoms with E-state index in [9.17, 15) is 9.59 Å². The molecule has 0 fully saturated rings. The molecule has 100 valence electrons. The molecule has 0 saturated heterocycles. The maximum atomic E-state index is 11.7. The lowest BCUT2D eigenvalue weighted by atomic mass is 10.2. The van der Waals surface area contributed by atoms with Gasteiger partial charge in [0.2, 0.25) is 0 Å². The molecule has 0 radical (unpaired) electrons. The lowest BCUT2D eigenvalue weighted by Gasteiger charge is -2.19. The number of aliphatic carboxylic acids is 1. The van der Waals surface area contributed by atoms with E-state index in [1.807, 2.05) is 0 Å². The van der Waals surface area contributed by atoms with Crippen molar-refractivity contribution in [2.75, 3.05) is 13.6 Å². The molecule has 0 aliphatic rings. The lowest BCUT2D eigenvalue weighted by Crippen LogP contribution is -2.40. The normalized spacial score (nSPS) is 11.9. The number of nitrogens with one attached hydrogen (secondary N) is 1. The minimum atomic E-state index is -0.917. The van der Waals surface area contributed by atoms with Crippen molar-refractivity contribution in [1.82, 2.24) is 20.0 Å². The summed E-state index contributed by atoms with van der Waals surface area (Å²) < 4.78 is 1.65. The molecule has 1 unspecified atom stereocenters. The molecule has 0 bridgehead atoms. The van der Waals surface area contributed by atoms with Crippen LogP contribution in [0, 0.1) is 5.92 Å². The van der Waals surface area contributed by atoms with Gasteiger partial charge < -0.3 is 15.3 Å². The number of hydrogen-bond acceptors (Lipinski definition) is 3. The average Bonchev–Trinajstić information content (AvgIpc) is 2.71. The highest BCUT2D eigenvalue weighted by Crippen LogP contribution is 1.99. The highest BCUT2D eigenvalue weighted by molar-refractivity contribution is 5.75. The van der Waals surface area contributed by atoms with Crippen LogP contribution in [0.4, 0.5) is 4.79 Å². The van der Waals surface area contributed by atoms with E-state index in [0.717, 1.165) is 5.69 Å². The van der Waals surface area contributed by atoms with Gasteiger partial charge in [-0.05, 0) is 6.07 Å². The van der Waals surface area contributed by atoms with Gasteiger partial charge in [0.25, 0.3) is 0 Å². The molecule has 0 aliphatic heterocycles. The molecular formula is C11H18N4O3. The zero-order chi connectivity index (χ0) is 13.7. The molecule has 2 N–H and O–H groups in total. The third-order valence-electron chi connectivity index (χ3n) is 2.51. The Hall–Kier alpha value is -2.05. The number of urea groups is 1. The quantitative estimate of drug-likeness (QED) is 0.790. The molecular weight excluding hydrogens is 236 g/mol. The summed E-state index contributed by atoms with van der Waals surface area (Å²) in [4.78, 5) is 23.7. The topological polar surface area (TPSA) is 87.5 Å². The van der Waals surface area contributed by atoms with Crippen molar-refractivity contribution in [1.29, 1.82) is 0 Å². The molecule has 1 aromatic rings. The number of nitrogens with zero attached hydrogens (tertiary/aromatic N) is 3. The Morgan fingerprint density at radius 1 is 1.61 bits per heavy atom. The van der Waals surface area contributed by atoms with Crippen molar-refractivity contribution in [2.24, 2.45) is 13.0 Å². The van der Waals surface area contributed by atoms with Gasteiger partial charge in [-0.3, -0.25) is 9.48 Å². The third kappa shape index (κ3) is 4.08. The number of amides is 2. The fraction of sp³-hybridized carbons (Fsp3) is 0.545. The van der Waals surface area contributed by atoms with E-state index in [4.69, 9.17) is 5.11 Å². The molecule has 0 saturated carbocycles. The SMILES string of the molecule is CC(CN(C)C(=O)NCc1ccn(C)n1)C(=O)O. The van der Waals surface area contributed by atoms with Crippen LogP contribution < -0.4 is 5.32 Å². The van der Waals surface area contributed by atoms with Gasteiger partial charge in [0.05, 0.1) is 18.2 Å². The Labute approximate surface area is 105 Å². The van der Waals surface area contributed by atoms with Gasteiger partial charge >= 0.3 is 12.0 Å². The Bertz CT molecular complexity index is 430. The fourth-order valence-electron chi connectivity index (χ4n) is 1.43. The average molecular weight is 254 g/mol. The lowest BCUT2D eigenvalue weighted by molar-refractivity contribution is -0.141. The third-order valence-corrected chi connectivity index (χ3v) is 2.51. The second kappa shape index (κ2) is 6.04. The molecule has 7 nitrogen and oxygen atoms in total. The Morgan fingerprint density at radius 2 is 2.28 bits per heavy atom. The molecule has 1 rings (SSSR count). The highest BCUT2D eigenvalue weighted by atomic mass is 16.4. The number of aryl methyl sites for hydroxylation is 1. The van der Waals surface area contributed by atoms with Crippen LogP contribution in [0.5, 0.6) is 0 Å². The van der Waals surface area contributed by atoms with Gasteiger partial charge in [0.15, 0.2) is 0 Å². The van der Waals surface area contributed by atoms with Gasteiger partial charge in [0, 0.05) is 26.8 Å². The van der Waals surface area contributed by atoms with Gasteiger partial charge in [-0.25, -0.2) is 4.79 Å². The first-order chi connectivity index (χ1) is 8.40. The molecule has 1 atom stereocenters. The monoisotopic (exact) mass is 254 g/mol. The summed E-state index contributed by atoms with van der Waals surface area (Å²) in [6.45, 7) is 2.06. The van der Waals surface area contributed by atoms with E-state index in [0.29, 0.717) is 6.54 Å². The number of carboxylic acid groups (broad SMARTS) is 1. The number of hydrogen-bond donors (Lipinski definition) is 2. The van der Waals surface area contributed by atoms with Crippen LogP contribution >= 0.6 is 0 Å². The Morgan fingerprint density at radius 3 is 2.78 bits per heavy atom. The maximum absolute atomic E-state index is 11.7. The van der Waals surface area contributed by atoms with Crippen molar-refractivity contribution in [2.45, 2.75) is 13.5 Å². The van der Waals surface area contributed by atoms with Gasteiger partial charge in [-0.2, -0.15) is 5.10 Å². The van der Waals surface area contributed by atoms with Crippen LogP contribution in [0.1, 0.15) is 12.6 Å². The van der Waals surface area contributed by atoms with Crippen LogP contribution in [0.2, 0.25) is 0 Å². The predicted molar refractivity (Wildman–Crippen MR) is 64.9 cm³/mol. The largest absolute Gasteiger partial charge is 0.481 e. The van der Waals surface area contributed by atoms with E-state index in [2.05, 4.69) is 10.4 Å². The minimum Gasteiger partial charge on any atom is -0.481 e. The number of carboxylic acids is 1. The first kappa shape index (κ1) is 14.0. The first-order valence-electron chi connectivity index (χ1n) is 5.60. The summed E-state index contributed by atoms with van der Waals surface area (Å²) in [7, 11) is 3.36. The molecule has 0 aromatic carbocycles. The molecule has 2 amide bonds. The second-order valence-corrected chi connectivity index (χ2v) is 4.26. The summed E-state index contributed by atoms with van der Waals surface area (Å²) in [5.41, 5.74) is 0.755. The Kier molecular flexibility index (Phi) is 4.70. The van der Waals surface area contributed by atoms with Crippen LogP contribution in [-0.2, 0) is 18.4 Å². The summed E-state index contributed by atoms with van der Waals surface area (Å²) in [5, 5.41) is 15.5. The van der Waals surface area contributed by atoms with Crippen molar-refractivity contribution in [3.8, 4) is 0 Å². The standard InChI is InChI=1S/C11H18N4O3/c1-8(10(16)17)7-14(2)11(18)12-6-9-4-5-15(3)13-9/h4-5,8H,6-7H2,1-3H3,(H,12,18)(H,16,17). The minimum absolute atomic E-state index is 0.170. The molecule has 0 aliphatic carbocycles. The summed E-state index contributed by atoms with van der Waals surface area (Å²) >= 11 is 0. The highest BCUT2D eigenvalue weighted by Gasteiger charge is 2.17. The molecule has 1 heterocycles. The number of aromatic nitrogens is 2. The smallest absolute Gasteiger partial charge is 0.317 e. The number of carbonyl (C=O) groups excluding carboxylic acids is 1. The van der Waals surface area contributed by atoms with E-state index in [1.165, 1.54) is 4.90 Å². The summed E-state index contributed by atoms with van der Waals surface area (Å²) in [5.74, 6) is -1.50. The summed E-state index contributed by atoms with van der Waals surface area (Å²) in [6, 6.07) is 1.49. The van der Waals surface area contributed by atoms with Crippen LogP contribution in [-0.4, -0.2) is 45.4 Å². The maximum Gasteiger partial charge on any atom is 0.317 e. The fourth-order valence-corrected chi connectivity index (χ4v) is 1.43. The summed E-state index contributed by atoms with van der Waals surface area (Å²) in [6.07, 6.45) is 1.79. The zero-order valence-electron chi connectivity index (χ0n) is 10.8. The van der Waals surface area contributed by atoms with Crippen LogP contribution in [0.15, 0.2) is 12.3 Å². The molecule has 7 heteroatoms. The van der Waals surface area contributed by atoms with Crippen molar-refractivity contribution in [3.63, 3.8) is 0 Å². The predicted octanol–water partition coefficient (Wildman–Crippen LogP) is 0.282. The first-order valence-corrected chi connectivity index (χ1v) is 5.60. The van der Waals surface area contributed by atoms with Gasteiger partial charge in [0.1, 0.15) is 0 Å². The van der Waals surface area contributed by atoms with E-state index in [-0.39, 0.29) is 12.6 Å². The van der Waals surface area contributed by atoms with Crippen molar-refractivity contribution in [3.05, 3.63) is 18.0 Å².